The first kappa shape index (κ1) is 15.3. The van der Waals surface area contributed by atoms with E-state index in [1.165, 1.54) is 64.5 Å². The Labute approximate surface area is 120 Å². The average molecular weight is 266 g/mol. The highest BCUT2D eigenvalue weighted by Crippen LogP contribution is 2.29. The van der Waals surface area contributed by atoms with Crippen LogP contribution in [0.3, 0.4) is 0 Å². The first-order valence-corrected chi connectivity index (χ1v) is 8.73. The third-order valence-corrected chi connectivity index (χ3v) is 5.35. The summed E-state index contributed by atoms with van der Waals surface area (Å²) >= 11 is 0. The molecular formula is C17H34N2. The van der Waals surface area contributed by atoms with Crippen molar-refractivity contribution < 1.29 is 0 Å². The van der Waals surface area contributed by atoms with Gasteiger partial charge in [-0.25, -0.2) is 0 Å². The van der Waals surface area contributed by atoms with Gasteiger partial charge in [0.15, 0.2) is 0 Å². The second-order valence-corrected chi connectivity index (χ2v) is 6.92. The maximum absolute atomic E-state index is 3.77. The van der Waals surface area contributed by atoms with Crippen molar-refractivity contribution in [2.75, 3.05) is 13.1 Å². The molecule has 0 aromatic rings. The predicted molar refractivity (Wildman–Crippen MR) is 83.5 cm³/mol. The van der Waals surface area contributed by atoms with Gasteiger partial charge in [-0.05, 0) is 38.0 Å². The van der Waals surface area contributed by atoms with Crippen molar-refractivity contribution in [3.05, 3.63) is 0 Å². The summed E-state index contributed by atoms with van der Waals surface area (Å²) in [6.45, 7) is 9.63. The minimum atomic E-state index is 0.744. The van der Waals surface area contributed by atoms with Gasteiger partial charge in [0, 0.05) is 31.2 Å². The maximum atomic E-state index is 3.77. The molecule has 0 amide bonds. The Bertz CT molecular complexity index is 254. The fourth-order valence-corrected chi connectivity index (χ4v) is 4.06. The second-order valence-electron chi connectivity index (χ2n) is 6.92. The molecule has 4 atom stereocenters. The maximum Gasteiger partial charge on any atom is 0.0221 e. The molecule has 2 fully saturated rings. The molecule has 0 radical (unpaired) electrons. The minimum absolute atomic E-state index is 0.744. The highest BCUT2D eigenvalue weighted by molar-refractivity contribution is 4.90. The molecule has 19 heavy (non-hydrogen) atoms. The van der Waals surface area contributed by atoms with E-state index in [9.17, 15) is 0 Å². The van der Waals surface area contributed by atoms with E-state index < -0.39 is 0 Å². The van der Waals surface area contributed by atoms with Crippen LogP contribution < -0.4 is 5.32 Å². The first-order chi connectivity index (χ1) is 9.24. The fourth-order valence-electron chi connectivity index (χ4n) is 4.06. The zero-order chi connectivity index (χ0) is 13.7. The highest BCUT2D eigenvalue weighted by atomic mass is 15.3. The summed E-state index contributed by atoms with van der Waals surface area (Å²) in [6.07, 6.45) is 11.2. The largest absolute Gasteiger partial charge is 0.311 e. The summed E-state index contributed by atoms with van der Waals surface area (Å²) in [6, 6.07) is 2.40. The van der Waals surface area contributed by atoms with Gasteiger partial charge in [-0.1, -0.05) is 40.0 Å². The molecule has 2 nitrogen and oxygen atoms in total. The third kappa shape index (κ3) is 4.19. The zero-order valence-corrected chi connectivity index (χ0v) is 13.3. The molecular weight excluding hydrogens is 232 g/mol. The first-order valence-electron chi connectivity index (χ1n) is 8.73. The van der Waals surface area contributed by atoms with E-state index >= 15 is 0 Å². The SMILES string of the molecule is CCCC1CN(C2CCCC(C)CC2)C(CC)CN1. The Morgan fingerprint density at radius 1 is 1.11 bits per heavy atom. The van der Waals surface area contributed by atoms with Gasteiger partial charge in [-0.3, -0.25) is 4.90 Å². The summed E-state index contributed by atoms with van der Waals surface area (Å²) in [5.41, 5.74) is 0. The van der Waals surface area contributed by atoms with Gasteiger partial charge in [0.2, 0.25) is 0 Å². The van der Waals surface area contributed by atoms with Crippen LogP contribution in [0.2, 0.25) is 0 Å². The summed E-state index contributed by atoms with van der Waals surface area (Å²) < 4.78 is 0. The smallest absolute Gasteiger partial charge is 0.0221 e. The predicted octanol–water partition coefficient (Wildman–Crippen LogP) is 3.81. The van der Waals surface area contributed by atoms with Crippen LogP contribution in [0.5, 0.6) is 0 Å². The van der Waals surface area contributed by atoms with E-state index in [1.54, 1.807) is 0 Å². The number of hydrogen-bond acceptors (Lipinski definition) is 2. The number of rotatable bonds is 4. The van der Waals surface area contributed by atoms with Crippen molar-refractivity contribution in [3.8, 4) is 0 Å². The molecule has 0 aromatic heterocycles. The van der Waals surface area contributed by atoms with E-state index in [4.69, 9.17) is 0 Å². The van der Waals surface area contributed by atoms with E-state index in [0.29, 0.717) is 0 Å². The summed E-state index contributed by atoms with van der Waals surface area (Å²) in [5, 5.41) is 3.77. The third-order valence-electron chi connectivity index (χ3n) is 5.35. The molecule has 2 rings (SSSR count). The molecule has 1 heterocycles. The normalized spacial score (nSPS) is 38.1. The fraction of sp³-hybridized carbons (Fsp3) is 1.00. The monoisotopic (exact) mass is 266 g/mol. The molecule has 1 saturated heterocycles. The average Bonchev–Trinajstić information content (AvgIpc) is 2.64. The minimum Gasteiger partial charge on any atom is -0.311 e. The molecule has 1 aliphatic heterocycles. The Morgan fingerprint density at radius 3 is 2.68 bits per heavy atom. The number of hydrogen-bond donors (Lipinski definition) is 1. The molecule has 112 valence electrons. The van der Waals surface area contributed by atoms with Crippen LogP contribution in [0, 0.1) is 5.92 Å². The van der Waals surface area contributed by atoms with Gasteiger partial charge in [-0.15, -0.1) is 0 Å². The van der Waals surface area contributed by atoms with E-state index in [1.807, 2.05) is 0 Å². The quantitative estimate of drug-likeness (QED) is 0.779. The topological polar surface area (TPSA) is 15.3 Å². The molecule has 0 aromatic carbocycles. The van der Waals surface area contributed by atoms with E-state index in [2.05, 4.69) is 31.0 Å². The Kier molecular flexibility index (Phi) is 6.15. The molecule has 0 bridgehead atoms. The van der Waals surface area contributed by atoms with Gasteiger partial charge in [0.1, 0.15) is 0 Å². The van der Waals surface area contributed by atoms with Crippen molar-refractivity contribution in [1.29, 1.82) is 0 Å². The van der Waals surface area contributed by atoms with Gasteiger partial charge in [-0.2, -0.15) is 0 Å². The van der Waals surface area contributed by atoms with Crippen LogP contribution in [0.25, 0.3) is 0 Å². The lowest BCUT2D eigenvalue weighted by Crippen LogP contribution is -2.59. The summed E-state index contributed by atoms with van der Waals surface area (Å²) in [5.74, 6) is 0.958. The second kappa shape index (κ2) is 7.64. The molecule has 0 spiro atoms. The number of piperazine rings is 1. The van der Waals surface area contributed by atoms with Crippen molar-refractivity contribution in [2.24, 2.45) is 5.92 Å². The van der Waals surface area contributed by atoms with Gasteiger partial charge < -0.3 is 5.32 Å². The molecule has 1 saturated carbocycles. The number of nitrogens with zero attached hydrogens (tertiary/aromatic N) is 1. The Hall–Kier alpha value is -0.0800. The van der Waals surface area contributed by atoms with Crippen molar-refractivity contribution in [2.45, 2.75) is 90.3 Å². The van der Waals surface area contributed by atoms with Crippen molar-refractivity contribution in [1.82, 2.24) is 10.2 Å². The zero-order valence-electron chi connectivity index (χ0n) is 13.3. The molecule has 2 heteroatoms. The van der Waals surface area contributed by atoms with E-state index in [-0.39, 0.29) is 0 Å². The van der Waals surface area contributed by atoms with Gasteiger partial charge in [0.25, 0.3) is 0 Å². The van der Waals surface area contributed by atoms with E-state index in [0.717, 1.165) is 24.0 Å². The van der Waals surface area contributed by atoms with Crippen LogP contribution in [0.15, 0.2) is 0 Å². The Morgan fingerprint density at radius 2 is 1.95 bits per heavy atom. The van der Waals surface area contributed by atoms with Crippen molar-refractivity contribution >= 4 is 0 Å². The van der Waals surface area contributed by atoms with Crippen LogP contribution in [0.4, 0.5) is 0 Å². The van der Waals surface area contributed by atoms with Gasteiger partial charge >= 0.3 is 0 Å². The lowest BCUT2D eigenvalue weighted by Gasteiger charge is -2.44. The highest BCUT2D eigenvalue weighted by Gasteiger charge is 2.32. The van der Waals surface area contributed by atoms with Crippen LogP contribution in [-0.2, 0) is 0 Å². The molecule has 2 aliphatic rings. The molecule has 1 N–H and O–H groups in total. The van der Waals surface area contributed by atoms with Crippen LogP contribution in [-0.4, -0.2) is 36.1 Å². The van der Waals surface area contributed by atoms with Gasteiger partial charge in [0.05, 0.1) is 0 Å². The standard InChI is InChI=1S/C17H34N2/c1-4-7-15-13-19(16(5-2)12-18-15)17-9-6-8-14(3)10-11-17/h14-18H,4-13H2,1-3H3. The molecule has 1 aliphatic carbocycles. The molecule has 4 unspecified atom stereocenters. The van der Waals surface area contributed by atoms with Crippen LogP contribution >= 0.6 is 0 Å². The van der Waals surface area contributed by atoms with Crippen LogP contribution in [0.1, 0.15) is 72.1 Å². The summed E-state index contributed by atoms with van der Waals surface area (Å²) in [4.78, 5) is 2.88. The lowest BCUT2D eigenvalue weighted by atomic mass is 9.97. The summed E-state index contributed by atoms with van der Waals surface area (Å²) in [7, 11) is 0. The van der Waals surface area contributed by atoms with Crippen molar-refractivity contribution in [3.63, 3.8) is 0 Å². The Balaban J connectivity index is 1.96. The number of nitrogens with one attached hydrogen (secondary N) is 1. The lowest BCUT2D eigenvalue weighted by molar-refractivity contribution is 0.0680.